The molecule has 0 aliphatic carbocycles. The smallest absolute Gasteiger partial charge is 0.216 e. The number of rotatable bonds is 6. The fourth-order valence-corrected chi connectivity index (χ4v) is 5.13. The first-order valence-electron chi connectivity index (χ1n) is 11.5. The third-order valence-corrected chi connectivity index (χ3v) is 7.14. The molecule has 0 radical (unpaired) electrons. The molecule has 4 heterocycles. The molecule has 0 amide bonds. The molecule has 8 heteroatoms. The van der Waals surface area contributed by atoms with Gasteiger partial charge in [-0.3, -0.25) is 4.79 Å². The lowest BCUT2D eigenvalue weighted by molar-refractivity contribution is 0.0856. The van der Waals surface area contributed by atoms with E-state index in [1.54, 1.807) is 13.3 Å². The summed E-state index contributed by atoms with van der Waals surface area (Å²) in [4.78, 5) is 13.7. The summed E-state index contributed by atoms with van der Waals surface area (Å²) in [6.07, 6.45) is 5.52. The number of hydrogen-bond acceptors (Lipinski definition) is 5. The molecule has 4 aromatic rings. The maximum atomic E-state index is 13.7. The van der Waals surface area contributed by atoms with Crippen molar-refractivity contribution in [1.29, 1.82) is 0 Å². The topological polar surface area (TPSA) is 81.2 Å². The van der Waals surface area contributed by atoms with Crippen LogP contribution in [0.3, 0.4) is 0 Å². The maximum Gasteiger partial charge on any atom is 0.216 e. The van der Waals surface area contributed by atoms with Gasteiger partial charge in [0.25, 0.3) is 0 Å². The number of ether oxygens (including phenoxy) is 2. The lowest BCUT2D eigenvalue weighted by atomic mass is 9.89. The van der Waals surface area contributed by atoms with Gasteiger partial charge in [-0.05, 0) is 54.8 Å². The van der Waals surface area contributed by atoms with E-state index in [4.69, 9.17) is 21.1 Å². The molecule has 2 aromatic heterocycles. The summed E-state index contributed by atoms with van der Waals surface area (Å²) >= 11 is 6.18. The van der Waals surface area contributed by atoms with Crippen LogP contribution in [0.1, 0.15) is 22.3 Å². The summed E-state index contributed by atoms with van der Waals surface area (Å²) in [5, 5.41) is 12.1. The van der Waals surface area contributed by atoms with Crippen molar-refractivity contribution >= 4 is 28.3 Å². The van der Waals surface area contributed by atoms with E-state index in [-0.39, 0.29) is 11.7 Å². The first-order chi connectivity index (χ1) is 16.6. The summed E-state index contributed by atoms with van der Waals surface area (Å²) in [7, 11) is 1.62. The van der Waals surface area contributed by atoms with E-state index in [2.05, 4.69) is 26.1 Å². The van der Waals surface area contributed by atoms with Crippen molar-refractivity contribution in [1.82, 2.24) is 20.1 Å². The molecule has 2 aromatic carbocycles. The summed E-state index contributed by atoms with van der Waals surface area (Å²) in [6, 6.07) is 12.2. The van der Waals surface area contributed by atoms with Crippen molar-refractivity contribution in [2.45, 2.75) is 25.4 Å². The highest BCUT2D eigenvalue weighted by atomic mass is 35.5. The van der Waals surface area contributed by atoms with Crippen molar-refractivity contribution in [3.05, 3.63) is 64.9 Å². The number of benzene rings is 2. The maximum absolute atomic E-state index is 13.7. The van der Waals surface area contributed by atoms with Crippen LogP contribution in [-0.2, 0) is 13.0 Å². The van der Waals surface area contributed by atoms with E-state index in [1.165, 1.54) is 0 Å². The predicted molar refractivity (Wildman–Crippen MR) is 131 cm³/mol. The van der Waals surface area contributed by atoms with E-state index >= 15 is 0 Å². The molecule has 0 bridgehead atoms. The zero-order valence-electron chi connectivity index (χ0n) is 18.8. The number of halogens is 1. The van der Waals surface area contributed by atoms with Crippen molar-refractivity contribution in [2.75, 3.05) is 20.3 Å². The van der Waals surface area contributed by atoms with Gasteiger partial charge < -0.3 is 19.4 Å². The van der Waals surface area contributed by atoms with E-state index in [0.29, 0.717) is 30.0 Å². The second-order valence-corrected chi connectivity index (χ2v) is 9.45. The van der Waals surface area contributed by atoms with Crippen molar-refractivity contribution < 1.29 is 14.3 Å². The Morgan fingerprint density at radius 3 is 2.97 bits per heavy atom. The first kappa shape index (κ1) is 21.3. The SMILES string of the molecule is COc1[nH]ncc1-c1ccc2c(C(=O)C3COc4ccc(Cl)cc4C3)cn(CC3CCN3)c2c1. The number of fused-ring (bicyclic) bond motifs is 2. The lowest BCUT2D eigenvalue weighted by Gasteiger charge is -2.28. The molecule has 1 saturated heterocycles. The molecule has 6 rings (SSSR count). The fraction of sp³-hybridized carbons (Fsp3) is 0.308. The van der Waals surface area contributed by atoms with Crippen molar-refractivity contribution in [3.63, 3.8) is 0 Å². The normalized spacial score (nSPS) is 19.4. The fourth-order valence-electron chi connectivity index (χ4n) is 4.94. The van der Waals surface area contributed by atoms with Crippen LogP contribution in [0.4, 0.5) is 0 Å². The number of aromatic nitrogens is 3. The highest BCUT2D eigenvalue weighted by Crippen LogP contribution is 2.35. The van der Waals surface area contributed by atoms with E-state index in [1.807, 2.05) is 36.5 Å². The first-order valence-corrected chi connectivity index (χ1v) is 11.9. The van der Waals surface area contributed by atoms with Gasteiger partial charge in [0, 0.05) is 40.3 Å². The minimum atomic E-state index is -0.250. The molecule has 7 nitrogen and oxygen atoms in total. The van der Waals surface area contributed by atoms with Crippen LogP contribution in [0.5, 0.6) is 11.6 Å². The van der Waals surface area contributed by atoms with Gasteiger partial charge in [0.05, 0.1) is 31.4 Å². The van der Waals surface area contributed by atoms with E-state index in [0.717, 1.165) is 58.4 Å². The van der Waals surface area contributed by atoms with Gasteiger partial charge in [0.1, 0.15) is 5.75 Å². The number of aromatic amines is 1. The van der Waals surface area contributed by atoms with Gasteiger partial charge in [0.15, 0.2) is 5.78 Å². The number of carbonyl (C=O) groups excluding carboxylic acids is 1. The van der Waals surface area contributed by atoms with E-state index < -0.39 is 0 Å². The Hall–Kier alpha value is -3.29. The summed E-state index contributed by atoms with van der Waals surface area (Å²) in [6.45, 7) is 2.22. The molecule has 2 aliphatic rings. The Labute approximate surface area is 202 Å². The van der Waals surface area contributed by atoms with Gasteiger partial charge in [-0.2, -0.15) is 5.10 Å². The number of carbonyl (C=O) groups is 1. The molecule has 0 spiro atoms. The number of hydrogen-bond donors (Lipinski definition) is 2. The average Bonchev–Trinajstić information content (AvgIpc) is 3.44. The zero-order valence-corrected chi connectivity index (χ0v) is 19.6. The second-order valence-electron chi connectivity index (χ2n) is 9.01. The molecule has 34 heavy (non-hydrogen) atoms. The van der Waals surface area contributed by atoms with Gasteiger partial charge >= 0.3 is 0 Å². The molecule has 174 valence electrons. The van der Waals surface area contributed by atoms with Gasteiger partial charge in [-0.1, -0.05) is 23.7 Å². The molecule has 2 N–H and O–H groups in total. The Bertz CT molecular complexity index is 1390. The lowest BCUT2D eigenvalue weighted by Crippen LogP contribution is -2.45. The largest absolute Gasteiger partial charge is 0.493 e. The van der Waals surface area contributed by atoms with E-state index in [9.17, 15) is 4.79 Å². The molecular formula is C26H25ClN4O3. The monoisotopic (exact) mass is 476 g/mol. The van der Waals surface area contributed by atoms with Crippen LogP contribution in [-0.4, -0.2) is 46.9 Å². The Morgan fingerprint density at radius 1 is 1.29 bits per heavy atom. The van der Waals surface area contributed by atoms with Gasteiger partial charge in [0.2, 0.25) is 5.88 Å². The van der Waals surface area contributed by atoms with Gasteiger partial charge in [-0.25, -0.2) is 5.10 Å². The minimum absolute atomic E-state index is 0.101. The predicted octanol–water partition coefficient (Wildman–Crippen LogP) is 4.49. The van der Waals surface area contributed by atoms with Crippen LogP contribution in [0, 0.1) is 5.92 Å². The minimum Gasteiger partial charge on any atom is -0.493 e. The summed E-state index contributed by atoms with van der Waals surface area (Å²) < 4.78 is 13.5. The zero-order chi connectivity index (χ0) is 23.2. The molecule has 2 atom stereocenters. The Kier molecular flexibility index (Phi) is 5.31. The third-order valence-electron chi connectivity index (χ3n) is 6.91. The number of ketones is 1. The Balaban J connectivity index is 1.39. The quantitative estimate of drug-likeness (QED) is 0.401. The number of nitrogens with zero attached hydrogens (tertiary/aromatic N) is 2. The number of nitrogens with one attached hydrogen (secondary N) is 2. The van der Waals surface area contributed by atoms with Crippen molar-refractivity contribution in [3.8, 4) is 22.8 Å². The highest BCUT2D eigenvalue weighted by Gasteiger charge is 2.30. The molecule has 1 fully saturated rings. The van der Waals surface area contributed by atoms with Crippen LogP contribution < -0.4 is 14.8 Å². The number of methoxy groups -OCH3 is 1. The summed E-state index contributed by atoms with van der Waals surface area (Å²) in [5.41, 5.74) is 4.62. The van der Waals surface area contributed by atoms with Crippen molar-refractivity contribution in [2.24, 2.45) is 5.92 Å². The van der Waals surface area contributed by atoms with Crippen LogP contribution >= 0.6 is 11.6 Å². The molecule has 2 unspecified atom stereocenters. The van der Waals surface area contributed by atoms with Crippen LogP contribution in [0.15, 0.2) is 48.8 Å². The highest BCUT2D eigenvalue weighted by molar-refractivity contribution is 6.30. The van der Waals surface area contributed by atoms with Crippen LogP contribution in [0.2, 0.25) is 5.02 Å². The number of H-pyrrole nitrogens is 1. The average molecular weight is 477 g/mol. The standard InChI is InChI=1S/C26H25ClN4O3/c1-33-26-21(11-29-30-26)15-2-4-20-22(13-31(23(20)10-15)12-19-6-7-28-19)25(32)17-8-16-9-18(27)3-5-24(16)34-14-17/h2-5,9-11,13,17,19,28H,6-8,12,14H2,1H3,(H,29,30). The molecule has 2 aliphatic heterocycles. The van der Waals surface area contributed by atoms with Crippen LogP contribution in [0.25, 0.3) is 22.0 Å². The summed E-state index contributed by atoms with van der Waals surface area (Å²) in [5.74, 6) is 1.28. The number of Topliss-reactive ketones (excluding diaryl/α,β-unsaturated/α-hetero) is 1. The third kappa shape index (κ3) is 3.65. The Morgan fingerprint density at radius 2 is 2.18 bits per heavy atom. The molecule has 0 saturated carbocycles. The second kappa shape index (κ2) is 8.49. The molecular weight excluding hydrogens is 452 g/mol. The van der Waals surface area contributed by atoms with Gasteiger partial charge in [-0.15, -0.1) is 0 Å².